The largest absolute Gasteiger partial charge is 0.466 e. The fourth-order valence-electron chi connectivity index (χ4n) is 2.64. The lowest BCUT2D eigenvalue weighted by molar-refractivity contribution is -0.143. The van der Waals surface area contributed by atoms with Crippen LogP contribution in [0.15, 0.2) is 41.3 Å². The molecule has 0 radical (unpaired) electrons. The Balaban J connectivity index is 1.97. The minimum absolute atomic E-state index is 0.196. The number of carbonyl (C=O) groups is 1. The maximum absolute atomic E-state index is 12.0. The summed E-state index contributed by atoms with van der Waals surface area (Å²) < 4.78 is 7.43. The fourth-order valence-corrected chi connectivity index (χ4v) is 3.24. The van der Waals surface area contributed by atoms with Crippen LogP contribution in [-0.2, 0) is 16.6 Å². The van der Waals surface area contributed by atoms with Crippen molar-refractivity contribution in [1.82, 2.24) is 19.7 Å². The number of carbonyl (C=O) groups excluding carboxylic acids is 1. The van der Waals surface area contributed by atoms with Gasteiger partial charge in [0.25, 0.3) is 0 Å². The topological polar surface area (TPSA) is 81.9 Å². The highest BCUT2D eigenvalue weighted by Crippen LogP contribution is 2.30. The first kappa shape index (κ1) is 17.3. The number of ether oxygens (including phenoxy) is 1. The molecule has 1 atom stereocenters. The van der Waals surface area contributed by atoms with Crippen molar-refractivity contribution in [3.8, 4) is 0 Å². The van der Waals surface area contributed by atoms with Crippen LogP contribution in [0.25, 0.3) is 11.0 Å². The number of nitrogens with zero attached hydrogens (tertiary/aromatic N) is 4. The van der Waals surface area contributed by atoms with Gasteiger partial charge in [-0.25, -0.2) is 14.6 Å². The number of hydrogen-bond acceptors (Lipinski definition) is 6. The van der Waals surface area contributed by atoms with E-state index in [1.807, 2.05) is 37.4 Å². The highest BCUT2D eigenvalue weighted by Gasteiger charge is 2.20. The molecule has 0 amide bonds. The van der Waals surface area contributed by atoms with Crippen LogP contribution >= 0.6 is 15.9 Å². The molecular formula is C17H18BrN5O2. The van der Waals surface area contributed by atoms with Crippen LogP contribution < -0.4 is 5.32 Å². The van der Waals surface area contributed by atoms with E-state index in [1.54, 1.807) is 11.6 Å². The Morgan fingerprint density at radius 1 is 1.32 bits per heavy atom. The van der Waals surface area contributed by atoms with Gasteiger partial charge in [0.2, 0.25) is 0 Å². The highest BCUT2D eigenvalue weighted by atomic mass is 79.9. The summed E-state index contributed by atoms with van der Waals surface area (Å²) in [6, 6.07) is 9.47. The number of aromatic nitrogens is 4. The number of esters is 1. The normalized spacial score (nSPS) is 12.1. The summed E-state index contributed by atoms with van der Waals surface area (Å²) in [5.41, 5.74) is 1.68. The Bertz CT molecular complexity index is 881. The second-order valence-electron chi connectivity index (χ2n) is 5.45. The summed E-state index contributed by atoms with van der Waals surface area (Å²) >= 11 is 3.45. The number of fused-ring (bicyclic) bond motifs is 1. The number of rotatable bonds is 6. The number of aryl methyl sites for hydroxylation is 1. The summed E-state index contributed by atoms with van der Waals surface area (Å²) in [7, 11) is 1.82. The summed E-state index contributed by atoms with van der Waals surface area (Å²) in [6.45, 7) is 2.15. The molecule has 3 rings (SSSR count). The van der Waals surface area contributed by atoms with Gasteiger partial charge in [0.05, 0.1) is 24.5 Å². The van der Waals surface area contributed by atoms with Gasteiger partial charge in [0.15, 0.2) is 5.65 Å². The van der Waals surface area contributed by atoms with E-state index >= 15 is 0 Å². The van der Waals surface area contributed by atoms with Crippen molar-refractivity contribution in [2.24, 2.45) is 7.05 Å². The molecule has 0 spiro atoms. The molecule has 3 aromatic rings. The Hall–Kier alpha value is -2.48. The molecule has 0 aliphatic rings. The lowest BCUT2D eigenvalue weighted by Crippen LogP contribution is -2.18. The zero-order valence-corrected chi connectivity index (χ0v) is 15.5. The third-order valence-corrected chi connectivity index (χ3v) is 4.32. The van der Waals surface area contributed by atoms with E-state index in [4.69, 9.17) is 4.74 Å². The van der Waals surface area contributed by atoms with Gasteiger partial charge in [0, 0.05) is 7.05 Å². The van der Waals surface area contributed by atoms with E-state index in [2.05, 4.69) is 36.3 Å². The summed E-state index contributed by atoms with van der Waals surface area (Å²) in [5, 5.41) is 8.44. The van der Waals surface area contributed by atoms with Crippen molar-refractivity contribution in [3.05, 3.63) is 46.8 Å². The molecule has 1 aromatic carbocycles. The monoisotopic (exact) mass is 403 g/mol. The average Bonchev–Trinajstić information content (AvgIpc) is 2.90. The van der Waals surface area contributed by atoms with Gasteiger partial charge >= 0.3 is 5.97 Å². The van der Waals surface area contributed by atoms with Crippen LogP contribution in [-0.4, -0.2) is 32.3 Å². The molecule has 2 heterocycles. The standard InChI is InChI=1S/C17H18BrN5O2/c1-3-25-13(24)9-12(11-7-5-4-6-8-11)21-16-14-15(18)22-23(2)17(14)20-10-19-16/h4-8,10,12H,3,9H2,1-2H3,(H,19,20,21). The van der Waals surface area contributed by atoms with Gasteiger partial charge in [0.1, 0.15) is 16.7 Å². The van der Waals surface area contributed by atoms with Crippen LogP contribution in [0.3, 0.4) is 0 Å². The predicted molar refractivity (Wildman–Crippen MR) is 98.1 cm³/mol. The van der Waals surface area contributed by atoms with E-state index < -0.39 is 0 Å². The van der Waals surface area contributed by atoms with Gasteiger partial charge in [-0.1, -0.05) is 30.3 Å². The van der Waals surface area contributed by atoms with E-state index in [1.165, 1.54) is 6.33 Å². The fraction of sp³-hybridized carbons (Fsp3) is 0.294. The molecule has 7 nitrogen and oxygen atoms in total. The molecule has 0 fully saturated rings. The minimum Gasteiger partial charge on any atom is -0.466 e. The van der Waals surface area contributed by atoms with E-state index in [0.717, 1.165) is 10.9 Å². The van der Waals surface area contributed by atoms with Gasteiger partial charge in [-0.3, -0.25) is 4.79 Å². The van der Waals surface area contributed by atoms with Crippen molar-refractivity contribution in [2.75, 3.05) is 11.9 Å². The average molecular weight is 404 g/mol. The van der Waals surface area contributed by atoms with E-state index in [0.29, 0.717) is 22.7 Å². The summed E-state index contributed by atoms with van der Waals surface area (Å²) in [4.78, 5) is 20.6. The summed E-state index contributed by atoms with van der Waals surface area (Å²) in [5.74, 6) is 0.350. The molecule has 2 aromatic heterocycles. The van der Waals surface area contributed by atoms with Gasteiger partial charge in [-0.05, 0) is 28.4 Å². The first-order valence-electron chi connectivity index (χ1n) is 7.90. The maximum atomic E-state index is 12.0. The van der Waals surface area contributed by atoms with Gasteiger partial charge in [-0.2, -0.15) is 5.10 Å². The number of nitrogens with one attached hydrogen (secondary N) is 1. The van der Waals surface area contributed by atoms with Crippen LogP contribution in [0.5, 0.6) is 0 Å². The molecule has 0 saturated heterocycles. The van der Waals surface area contributed by atoms with Gasteiger partial charge < -0.3 is 10.1 Å². The molecule has 0 aliphatic carbocycles. The summed E-state index contributed by atoms with van der Waals surface area (Å²) in [6.07, 6.45) is 1.67. The van der Waals surface area contributed by atoms with Gasteiger partial charge in [-0.15, -0.1) is 0 Å². The van der Waals surface area contributed by atoms with Crippen molar-refractivity contribution in [3.63, 3.8) is 0 Å². The van der Waals surface area contributed by atoms with E-state index in [9.17, 15) is 4.79 Å². The molecule has 0 bridgehead atoms. The molecule has 8 heteroatoms. The molecular weight excluding hydrogens is 386 g/mol. The predicted octanol–water partition coefficient (Wildman–Crippen LogP) is 3.23. The van der Waals surface area contributed by atoms with E-state index in [-0.39, 0.29) is 18.4 Å². The molecule has 130 valence electrons. The Morgan fingerprint density at radius 2 is 2.08 bits per heavy atom. The third kappa shape index (κ3) is 3.79. The number of hydrogen-bond donors (Lipinski definition) is 1. The van der Waals surface area contributed by atoms with Crippen LogP contribution in [0.4, 0.5) is 5.82 Å². The molecule has 1 unspecified atom stereocenters. The van der Waals surface area contributed by atoms with Crippen LogP contribution in [0.2, 0.25) is 0 Å². The highest BCUT2D eigenvalue weighted by molar-refractivity contribution is 9.10. The molecule has 25 heavy (non-hydrogen) atoms. The second-order valence-corrected chi connectivity index (χ2v) is 6.20. The van der Waals surface area contributed by atoms with Crippen molar-refractivity contribution < 1.29 is 9.53 Å². The lowest BCUT2D eigenvalue weighted by Gasteiger charge is -2.19. The maximum Gasteiger partial charge on any atom is 0.308 e. The third-order valence-electron chi connectivity index (χ3n) is 3.77. The quantitative estimate of drug-likeness (QED) is 0.636. The minimum atomic E-state index is -0.273. The first-order chi connectivity index (χ1) is 12.1. The second kappa shape index (κ2) is 7.60. The lowest BCUT2D eigenvalue weighted by atomic mass is 10.0. The van der Waals surface area contributed by atoms with Crippen LogP contribution in [0.1, 0.15) is 24.9 Å². The Morgan fingerprint density at radius 3 is 2.80 bits per heavy atom. The molecule has 0 aliphatic heterocycles. The Kier molecular flexibility index (Phi) is 5.28. The van der Waals surface area contributed by atoms with Crippen molar-refractivity contribution >= 4 is 38.8 Å². The molecule has 1 N–H and O–H groups in total. The zero-order chi connectivity index (χ0) is 17.8. The Labute approximate surface area is 153 Å². The number of benzene rings is 1. The smallest absolute Gasteiger partial charge is 0.308 e. The number of halogens is 1. The SMILES string of the molecule is CCOC(=O)CC(Nc1ncnc2c1c(Br)nn2C)c1ccccc1. The van der Waals surface area contributed by atoms with Crippen molar-refractivity contribution in [2.45, 2.75) is 19.4 Å². The number of anilines is 1. The molecule has 0 saturated carbocycles. The zero-order valence-electron chi connectivity index (χ0n) is 13.9. The first-order valence-corrected chi connectivity index (χ1v) is 8.69. The van der Waals surface area contributed by atoms with Crippen molar-refractivity contribution in [1.29, 1.82) is 0 Å². The van der Waals surface area contributed by atoms with Crippen LogP contribution in [0, 0.1) is 0 Å².